The van der Waals surface area contributed by atoms with E-state index in [0.29, 0.717) is 5.69 Å². The Balaban J connectivity index is 2.07. The van der Waals surface area contributed by atoms with Crippen LogP contribution in [0.25, 0.3) is 0 Å². The molecule has 0 amide bonds. The summed E-state index contributed by atoms with van der Waals surface area (Å²) in [5.74, 6) is -0.172. The van der Waals surface area contributed by atoms with Gasteiger partial charge in [-0.05, 0) is 28.8 Å². The van der Waals surface area contributed by atoms with E-state index < -0.39 is 4.92 Å². The summed E-state index contributed by atoms with van der Waals surface area (Å²) in [6.07, 6.45) is 3.24. The van der Waals surface area contributed by atoms with E-state index in [4.69, 9.17) is 5.11 Å². The van der Waals surface area contributed by atoms with Gasteiger partial charge in [-0.3, -0.25) is 0 Å². The molecule has 0 bridgehead atoms. The van der Waals surface area contributed by atoms with Gasteiger partial charge in [-0.2, -0.15) is 0 Å². The molecule has 0 radical (unpaired) electrons. The molecule has 80 valence electrons. The molecule has 0 aliphatic heterocycles. The molecular formula is C9H11N3O3. The minimum atomic E-state index is -0.539. The third-order valence-electron chi connectivity index (χ3n) is 2.50. The Morgan fingerprint density at radius 2 is 2.33 bits per heavy atom. The highest BCUT2D eigenvalue weighted by atomic mass is 16.6. The SMILES string of the molecule is O=[N+]([O-])c1ccc(NC2(CO)CC2)cn1. The maximum atomic E-state index is 10.3. The average molecular weight is 209 g/mol. The largest absolute Gasteiger partial charge is 0.394 e. The molecule has 0 aromatic carbocycles. The molecule has 1 aromatic rings. The topological polar surface area (TPSA) is 88.3 Å². The smallest absolute Gasteiger partial charge is 0.363 e. The summed E-state index contributed by atoms with van der Waals surface area (Å²) in [7, 11) is 0. The first-order valence-corrected chi connectivity index (χ1v) is 4.65. The number of hydrogen-bond acceptors (Lipinski definition) is 5. The second kappa shape index (κ2) is 3.47. The van der Waals surface area contributed by atoms with Gasteiger partial charge in [0.15, 0.2) is 6.20 Å². The van der Waals surface area contributed by atoms with Crippen LogP contribution in [0.15, 0.2) is 18.3 Å². The van der Waals surface area contributed by atoms with Crippen molar-refractivity contribution in [2.24, 2.45) is 0 Å². The third-order valence-corrected chi connectivity index (χ3v) is 2.50. The summed E-state index contributed by atoms with van der Waals surface area (Å²) in [6.45, 7) is 0.0734. The van der Waals surface area contributed by atoms with E-state index in [9.17, 15) is 10.1 Å². The third kappa shape index (κ3) is 2.04. The fraction of sp³-hybridized carbons (Fsp3) is 0.444. The molecule has 1 fully saturated rings. The lowest BCUT2D eigenvalue weighted by molar-refractivity contribution is -0.389. The summed E-state index contributed by atoms with van der Waals surface area (Å²) in [6, 6.07) is 2.94. The minimum Gasteiger partial charge on any atom is -0.394 e. The summed E-state index contributed by atoms with van der Waals surface area (Å²) in [4.78, 5) is 13.5. The van der Waals surface area contributed by atoms with E-state index in [2.05, 4.69) is 10.3 Å². The zero-order valence-electron chi connectivity index (χ0n) is 8.01. The van der Waals surface area contributed by atoms with Crippen molar-refractivity contribution in [2.75, 3.05) is 11.9 Å². The van der Waals surface area contributed by atoms with Gasteiger partial charge in [-0.25, -0.2) is 0 Å². The molecule has 1 aliphatic carbocycles. The van der Waals surface area contributed by atoms with Crippen molar-refractivity contribution < 1.29 is 10.0 Å². The molecule has 0 spiro atoms. The monoisotopic (exact) mass is 209 g/mol. The number of rotatable bonds is 4. The molecule has 2 rings (SSSR count). The predicted octanol–water partition coefficient (Wildman–Crippen LogP) is 0.927. The van der Waals surface area contributed by atoms with Crippen molar-refractivity contribution in [2.45, 2.75) is 18.4 Å². The van der Waals surface area contributed by atoms with Crippen LogP contribution in [0.5, 0.6) is 0 Å². The number of nitro groups is 1. The fourth-order valence-corrected chi connectivity index (χ4v) is 1.35. The Morgan fingerprint density at radius 1 is 1.60 bits per heavy atom. The maximum Gasteiger partial charge on any atom is 0.363 e. The number of aromatic nitrogens is 1. The highest BCUT2D eigenvalue weighted by molar-refractivity contribution is 5.47. The van der Waals surface area contributed by atoms with Crippen molar-refractivity contribution in [3.63, 3.8) is 0 Å². The van der Waals surface area contributed by atoms with E-state index in [1.54, 1.807) is 6.07 Å². The van der Waals surface area contributed by atoms with Crippen LogP contribution in [0, 0.1) is 10.1 Å². The summed E-state index contributed by atoms with van der Waals surface area (Å²) in [5.41, 5.74) is 0.477. The molecule has 15 heavy (non-hydrogen) atoms. The Labute approximate surface area is 86.1 Å². The van der Waals surface area contributed by atoms with E-state index >= 15 is 0 Å². The number of aliphatic hydroxyl groups excluding tert-OH is 1. The summed E-state index contributed by atoms with van der Waals surface area (Å²) in [5, 5.41) is 22.5. The van der Waals surface area contributed by atoms with Crippen LogP contribution < -0.4 is 5.32 Å². The normalized spacial score (nSPS) is 17.1. The number of aliphatic hydroxyl groups is 1. The molecule has 1 saturated carbocycles. The molecular weight excluding hydrogens is 198 g/mol. The number of pyridine rings is 1. The van der Waals surface area contributed by atoms with E-state index in [1.165, 1.54) is 12.3 Å². The predicted molar refractivity (Wildman–Crippen MR) is 53.6 cm³/mol. The van der Waals surface area contributed by atoms with E-state index in [-0.39, 0.29) is 18.0 Å². The molecule has 6 nitrogen and oxygen atoms in total. The van der Waals surface area contributed by atoms with Crippen LogP contribution in [-0.4, -0.2) is 27.2 Å². The second-order valence-electron chi connectivity index (χ2n) is 3.73. The molecule has 0 atom stereocenters. The molecule has 0 saturated heterocycles. The zero-order chi connectivity index (χ0) is 10.9. The average Bonchev–Trinajstić information content (AvgIpc) is 2.99. The van der Waals surface area contributed by atoms with Crippen molar-refractivity contribution in [3.8, 4) is 0 Å². The van der Waals surface area contributed by atoms with Crippen LogP contribution in [0.2, 0.25) is 0 Å². The number of nitrogens with one attached hydrogen (secondary N) is 1. The lowest BCUT2D eigenvalue weighted by atomic mass is 10.2. The Bertz CT molecular complexity index is 373. The van der Waals surface area contributed by atoms with Gasteiger partial charge in [-0.1, -0.05) is 0 Å². The van der Waals surface area contributed by atoms with Crippen LogP contribution in [0.4, 0.5) is 11.5 Å². The van der Waals surface area contributed by atoms with Gasteiger partial charge in [0.25, 0.3) is 0 Å². The number of anilines is 1. The van der Waals surface area contributed by atoms with Crippen LogP contribution in [-0.2, 0) is 0 Å². The van der Waals surface area contributed by atoms with Crippen molar-refractivity contribution in [1.82, 2.24) is 4.98 Å². The first-order valence-electron chi connectivity index (χ1n) is 4.65. The molecule has 6 heteroatoms. The van der Waals surface area contributed by atoms with E-state index in [1.807, 2.05) is 0 Å². The zero-order valence-corrected chi connectivity index (χ0v) is 8.01. The van der Waals surface area contributed by atoms with Gasteiger partial charge in [0, 0.05) is 6.07 Å². The fourth-order valence-electron chi connectivity index (χ4n) is 1.35. The van der Waals surface area contributed by atoms with Gasteiger partial charge >= 0.3 is 5.82 Å². The number of nitrogens with zero attached hydrogens (tertiary/aromatic N) is 2. The lowest BCUT2D eigenvalue weighted by Gasteiger charge is -2.13. The second-order valence-corrected chi connectivity index (χ2v) is 3.73. The molecule has 1 aliphatic rings. The van der Waals surface area contributed by atoms with Crippen LogP contribution in [0.3, 0.4) is 0 Å². The quantitative estimate of drug-likeness (QED) is 0.568. The van der Waals surface area contributed by atoms with Crippen LogP contribution in [0.1, 0.15) is 12.8 Å². The first-order chi connectivity index (χ1) is 7.15. The first kappa shape index (κ1) is 9.85. The minimum absolute atomic E-state index is 0.0734. The molecule has 1 aromatic heterocycles. The molecule has 1 heterocycles. The number of hydrogen-bond donors (Lipinski definition) is 2. The standard InChI is InChI=1S/C9H11N3O3/c13-6-9(3-4-9)11-7-1-2-8(10-5-7)12(14)15/h1-2,5,11,13H,3-4,6H2. The van der Waals surface area contributed by atoms with E-state index in [0.717, 1.165) is 12.8 Å². The summed E-state index contributed by atoms with van der Waals surface area (Å²) < 4.78 is 0. The molecule has 0 unspecified atom stereocenters. The van der Waals surface area contributed by atoms with Crippen LogP contribution >= 0.6 is 0 Å². The van der Waals surface area contributed by atoms with Gasteiger partial charge in [0.1, 0.15) is 0 Å². The van der Waals surface area contributed by atoms with Crippen molar-refractivity contribution in [3.05, 3.63) is 28.4 Å². The highest BCUT2D eigenvalue weighted by Gasteiger charge is 2.42. The Morgan fingerprint density at radius 3 is 2.73 bits per heavy atom. The van der Waals surface area contributed by atoms with Crippen molar-refractivity contribution in [1.29, 1.82) is 0 Å². The van der Waals surface area contributed by atoms with Crippen molar-refractivity contribution >= 4 is 11.5 Å². The highest BCUT2D eigenvalue weighted by Crippen LogP contribution is 2.38. The Kier molecular flexibility index (Phi) is 2.28. The summed E-state index contributed by atoms with van der Waals surface area (Å²) >= 11 is 0. The Hall–Kier alpha value is -1.69. The molecule has 2 N–H and O–H groups in total. The van der Waals surface area contributed by atoms with Gasteiger partial charge < -0.3 is 20.5 Å². The van der Waals surface area contributed by atoms with Gasteiger partial charge in [0.05, 0.1) is 17.8 Å². The van der Waals surface area contributed by atoms with Gasteiger partial charge in [-0.15, -0.1) is 0 Å². The van der Waals surface area contributed by atoms with Gasteiger partial charge in [0.2, 0.25) is 0 Å². The maximum absolute atomic E-state index is 10.3. The lowest BCUT2D eigenvalue weighted by Crippen LogP contribution is -2.25.